The summed E-state index contributed by atoms with van der Waals surface area (Å²) in [5.74, 6) is 1.79. The van der Waals surface area contributed by atoms with Gasteiger partial charge in [0.15, 0.2) is 23.4 Å². The second-order valence-corrected chi connectivity index (χ2v) is 7.83. The van der Waals surface area contributed by atoms with Crippen LogP contribution in [0.2, 0.25) is 0 Å². The van der Waals surface area contributed by atoms with E-state index in [4.69, 9.17) is 9.47 Å². The molecule has 0 amide bonds. The number of hydrogen-bond acceptors (Lipinski definition) is 6. The molecule has 3 heterocycles. The number of para-hydroxylation sites is 2. The number of hydrogen-bond donors (Lipinski definition) is 0. The van der Waals surface area contributed by atoms with E-state index in [1.165, 1.54) is 15.9 Å². The van der Waals surface area contributed by atoms with Crippen LogP contribution in [0.1, 0.15) is 17.5 Å². The normalized spacial score (nSPS) is 16.8. The van der Waals surface area contributed by atoms with Gasteiger partial charge in [0.05, 0.1) is 4.53 Å². The topological polar surface area (TPSA) is 65.7 Å². The van der Waals surface area contributed by atoms with Crippen LogP contribution in [-0.2, 0) is 0 Å². The third-order valence-corrected chi connectivity index (χ3v) is 5.87. The Labute approximate surface area is 165 Å². The Morgan fingerprint density at radius 3 is 2.74 bits per heavy atom. The molecule has 8 heteroatoms. The molecule has 134 valence electrons. The fraction of sp³-hybridized carbons (Fsp3) is 0.105. The molecular weight excluding hydrogens is 430 g/mol. The number of halogens is 1. The number of nitrogens with zero attached hydrogens (tertiary/aromatic N) is 3. The fourth-order valence-corrected chi connectivity index (χ4v) is 4.17. The molecule has 4 aromatic rings. The van der Waals surface area contributed by atoms with E-state index in [0.29, 0.717) is 33.4 Å². The summed E-state index contributed by atoms with van der Waals surface area (Å²) in [5, 5.41) is 4.36. The Hall–Kier alpha value is -2.71. The van der Waals surface area contributed by atoms with Crippen LogP contribution in [-0.4, -0.2) is 21.2 Å². The van der Waals surface area contributed by atoms with Gasteiger partial charge in [-0.3, -0.25) is 4.79 Å². The van der Waals surface area contributed by atoms with Crippen molar-refractivity contribution in [3.8, 4) is 11.5 Å². The van der Waals surface area contributed by atoms with Crippen molar-refractivity contribution in [1.82, 2.24) is 14.6 Å². The van der Waals surface area contributed by atoms with Crippen LogP contribution in [0.5, 0.6) is 11.5 Å². The van der Waals surface area contributed by atoms with Crippen LogP contribution in [0.15, 0.2) is 57.8 Å². The highest BCUT2D eigenvalue weighted by Gasteiger charge is 2.27. The lowest BCUT2D eigenvalue weighted by atomic mass is 10.2. The summed E-state index contributed by atoms with van der Waals surface area (Å²) in [4.78, 5) is 17.7. The van der Waals surface area contributed by atoms with E-state index in [-0.39, 0.29) is 5.56 Å². The highest BCUT2D eigenvalue weighted by Crippen LogP contribution is 2.35. The largest absolute Gasteiger partial charge is 0.485 e. The quantitative estimate of drug-likeness (QED) is 0.478. The predicted octanol–water partition coefficient (Wildman–Crippen LogP) is 2.97. The van der Waals surface area contributed by atoms with Crippen LogP contribution in [0.3, 0.4) is 0 Å². The molecule has 0 aliphatic carbocycles. The summed E-state index contributed by atoms with van der Waals surface area (Å²) in [7, 11) is 0. The second kappa shape index (κ2) is 6.47. The van der Waals surface area contributed by atoms with Crippen LogP contribution >= 0.6 is 27.3 Å². The summed E-state index contributed by atoms with van der Waals surface area (Å²) < 4.78 is 14.5. The molecule has 1 aliphatic heterocycles. The molecule has 0 saturated heterocycles. The Morgan fingerprint density at radius 1 is 1.15 bits per heavy atom. The van der Waals surface area contributed by atoms with E-state index in [1.807, 2.05) is 54.6 Å². The molecule has 1 aliphatic rings. The molecule has 0 radical (unpaired) electrons. The lowest BCUT2D eigenvalue weighted by Crippen LogP contribution is -2.26. The Morgan fingerprint density at radius 2 is 1.93 bits per heavy atom. The second-order valence-electron chi connectivity index (χ2n) is 5.97. The third kappa shape index (κ3) is 2.90. The fourth-order valence-electron chi connectivity index (χ4n) is 2.87. The van der Waals surface area contributed by atoms with Gasteiger partial charge in [0.2, 0.25) is 4.96 Å². The lowest BCUT2D eigenvalue weighted by Gasteiger charge is -2.24. The number of thiazole rings is 1. The van der Waals surface area contributed by atoms with Crippen molar-refractivity contribution in [1.29, 1.82) is 0 Å². The van der Waals surface area contributed by atoms with Gasteiger partial charge in [0.1, 0.15) is 6.61 Å². The SMILES string of the molecule is O=c1/c(=C/c2ccccc2Br)sc2nc([C@@H]3COc4ccccc4O3)nn12. The number of fused-ring (bicyclic) bond motifs is 2. The van der Waals surface area contributed by atoms with Crippen LogP contribution < -0.4 is 19.6 Å². The molecule has 0 fully saturated rings. The average Bonchev–Trinajstić information content (AvgIpc) is 3.23. The minimum atomic E-state index is -0.443. The zero-order valence-corrected chi connectivity index (χ0v) is 16.2. The van der Waals surface area contributed by atoms with Crippen LogP contribution in [0, 0.1) is 0 Å². The molecule has 2 aromatic heterocycles. The first-order chi connectivity index (χ1) is 13.2. The zero-order valence-electron chi connectivity index (χ0n) is 13.8. The van der Waals surface area contributed by atoms with Gasteiger partial charge in [-0.25, -0.2) is 0 Å². The van der Waals surface area contributed by atoms with Crippen molar-refractivity contribution in [2.45, 2.75) is 6.10 Å². The van der Waals surface area contributed by atoms with Crippen molar-refractivity contribution in [2.75, 3.05) is 6.61 Å². The molecule has 0 bridgehead atoms. The van der Waals surface area contributed by atoms with Crippen LogP contribution in [0.25, 0.3) is 11.0 Å². The molecule has 0 N–H and O–H groups in total. The number of aromatic nitrogens is 3. The van der Waals surface area contributed by atoms with E-state index in [2.05, 4.69) is 26.0 Å². The van der Waals surface area contributed by atoms with E-state index >= 15 is 0 Å². The molecule has 5 rings (SSSR count). The maximum Gasteiger partial charge on any atom is 0.291 e. The molecule has 2 aromatic carbocycles. The molecule has 0 saturated carbocycles. The summed E-state index contributed by atoms with van der Waals surface area (Å²) in [6.07, 6.45) is 1.39. The number of benzene rings is 2. The summed E-state index contributed by atoms with van der Waals surface area (Å²) in [6, 6.07) is 15.2. The third-order valence-electron chi connectivity index (χ3n) is 4.19. The van der Waals surface area contributed by atoms with Crippen molar-refractivity contribution < 1.29 is 9.47 Å². The molecule has 1 atom stereocenters. The Bertz CT molecular complexity index is 1270. The zero-order chi connectivity index (χ0) is 18.4. The van der Waals surface area contributed by atoms with Crippen LogP contribution in [0.4, 0.5) is 0 Å². The van der Waals surface area contributed by atoms with Gasteiger partial charge in [0.25, 0.3) is 5.56 Å². The van der Waals surface area contributed by atoms with Crippen molar-refractivity contribution in [3.63, 3.8) is 0 Å². The van der Waals surface area contributed by atoms with E-state index in [0.717, 1.165) is 10.0 Å². The van der Waals surface area contributed by atoms with E-state index in [1.54, 1.807) is 0 Å². The van der Waals surface area contributed by atoms with Crippen molar-refractivity contribution in [2.24, 2.45) is 0 Å². The minimum Gasteiger partial charge on any atom is -0.485 e. The van der Waals surface area contributed by atoms with E-state index < -0.39 is 6.10 Å². The molecule has 0 unspecified atom stereocenters. The van der Waals surface area contributed by atoms with E-state index in [9.17, 15) is 4.79 Å². The maximum absolute atomic E-state index is 12.7. The predicted molar refractivity (Wildman–Crippen MR) is 105 cm³/mol. The first kappa shape index (κ1) is 16.5. The summed E-state index contributed by atoms with van der Waals surface area (Å²) in [6.45, 7) is 0.305. The smallest absolute Gasteiger partial charge is 0.291 e. The number of ether oxygens (including phenoxy) is 2. The van der Waals surface area contributed by atoms with Gasteiger partial charge in [-0.05, 0) is 29.8 Å². The highest BCUT2D eigenvalue weighted by molar-refractivity contribution is 9.10. The van der Waals surface area contributed by atoms with Gasteiger partial charge in [-0.1, -0.05) is 57.6 Å². The Balaban J connectivity index is 1.52. The average molecular weight is 442 g/mol. The maximum atomic E-state index is 12.7. The highest BCUT2D eigenvalue weighted by atomic mass is 79.9. The monoisotopic (exact) mass is 441 g/mol. The molecule has 0 spiro atoms. The Kier molecular flexibility index (Phi) is 3.95. The van der Waals surface area contributed by atoms with Gasteiger partial charge in [-0.2, -0.15) is 9.50 Å². The summed E-state index contributed by atoms with van der Waals surface area (Å²) in [5.41, 5.74) is 0.738. The minimum absolute atomic E-state index is 0.193. The standard InChI is InChI=1S/C19H12BrN3O3S/c20-12-6-2-1-5-11(12)9-16-18(24)23-19(27-16)21-17(22-23)15-10-25-13-7-3-4-8-14(13)26-15/h1-9,15H,10H2/b16-9-/t15-/m0/s1. The van der Waals surface area contributed by atoms with Crippen molar-refractivity contribution >= 4 is 38.3 Å². The summed E-state index contributed by atoms with van der Waals surface area (Å²) >= 11 is 4.79. The number of rotatable bonds is 2. The molecule has 6 nitrogen and oxygen atoms in total. The molecular formula is C19H12BrN3O3S. The molecule has 27 heavy (non-hydrogen) atoms. The van der Waals surface area contributed by atoms with Gasteiger partial charge >= 0.3 is 0 Å². The van der Waals surface area contributed by atoms with Crippen molar-refractivity contribution in [3.05, 3.63) is 79.3 Å². The lowest BCUT2D eigenvalue weighted by molar-refractivity contribution is 0.0852. The van der Waals surface area contributed by atoms with Gasteiger partial charge in [-0.15, -0.1) is 5.10 Å². The first-order valence-corrected chi connectivity index (χ1v) is 9.84. The first-order valence-electron chi connectivity index (χ1n) is 8.23. The van der Waals surface area contributed by atoms with Gasteiger partial charge in [0, 0.05) is 4.47 Å². The van der Waals surface area contributed by atoms with Gasteiger partial charge < -0.3 is 9.47 Å².